The molecule has 1 aromatic heterocycles. The summed E-state index contributed by atoms with van der Waals surface area (Å²) < 4.78 is 5.59. The summed E-state index contributed by atoms with van der Waals surface area (Å²) in [7, 11) is 1.63. The van der Waals surface area contributed by atoms with Crippen molar-refractivity contribution in [1.82, 2.24) is 5.16 Å². The van der Waals surface area contributed by atoms with Gasteiger partial charge in [0.15, 0.2) is 11.6 Å². The maximum atomic E-state index is 13.0. The van der Waals surface area contributed by atoms with Crippen LogP contribution >= 0.6 is 0 Å². The highest BCUT2D eigenvalue weighted by atomic mass is 16.5. The number of rotatable bonds is 6. The molecule has 2 aliphatic rings. The van der Waals surface area contributed by atoms with Crippen LogP contribution in [-0.2, 0) is 17.6 Å². The first kappa shape index (κ1) is 23.0. The number of fused-ring (bicyclic) bond motifs is 1. The minimum absolute atomic E-state index is 0.0350. The van der Waals surface area contributed by atoms with Gasteiger partial charge in [0.05, 0.1) is 16.8 Å². The Morgan fingerprint density at radius 1 is 0.914 bits per heavy atom. The summed E-state index contributed by atoms with van der Waals surface area (Å²) in [5.74, 6) is 0.689. The molecule has 6 heteroatoms. The van der Waals surface area contributed by atoms with Gasteiger partial charge in [-0.05, 0) is 35.8 Å². The Labute approximate surface area is 204 Å². The summed E-state index contributed by atoms with van der Waals surface area (Å²) in [5, 5.41) is 15.0. The topological polar surface area (TPSA) is 92.8 Å². The molecule has 1 heterocycles. The molecule has 0 saturated heterocycles. The number of aliphatic hydroxyl groups is 1. The van der Waals surface area contributed by atoms with E-state index in [0.717, 1.165) is 11.1 Å². The number of carbonyl (C=O) groups is 2. The number of hydrogen-bond acceptors (Lipinski definition) is 6. The Hall–Kier alpha value is -3.80. The van der Waals surface area contributed by atoms with Gasteiger partial charge < -0.3 is 9.63 Å². The largest absolute Gasteiger partial charge is 0.511 e. The standard InChI is InChI=1S/C29H28N2O4/c1-30-22(28-24(32)14-20(15-25(28)33)18-8-4-2-5-9-18)12-13-23-29-26(34)16-21(17-27(29)35-31-23)19-10-6-3-7-11-19/h2-11,20-21,32H,12-17H2,1H3. The number of nitrogens with zero attached hydrogens (tertiary/aromatic N) is 2. The fourth-order valence-electron chi connectivity index (χ4n) is 5.34. The molecule has 0 fully saturated rings. The predicted octanol–water partition coefficient (Wildman–Crippen LogP) is 5.55. The van der Waals surface area contributed by atoms with Crippen LogP contribution in [-0.4, -0.2) is 34.6 Å². The number of hydrogen-bond donors (Lipinski definition) is 1. The minimum atomic E-state index is -0.104. The van der Waals surface area contributed by atoms with Crippen LogP contribution in [0.15, 0.2) is 81.5 Å². The van der Waals surface area contributed by atoms with E-state index in [1.54, 1.807) is 7.05 Å². The normalized spacial score (nSPS) is 20.8. The molecular formula is C29H28N2O4. The van der Waals surface area contributed by atoms with Gasteiger partial charge in [0, 0.05) is 38.4 Å². The van der Waals surface area contributed by atoms with Gasteiger partial charge in [0.25, 0.3) is 0 Å². The molecule has 3 aromatic rings. The van der Waals surface area contributed by atoms with Crippen molar-refractivity contribution in [3.05, 3.63) is 100 Å². The van der Waals surface area contributed by atoms with Crippen molar-refractivity contribution in [2.75, 3.05) is 7.05 Å². The second kappa shape index (κ2) is 9.82. The maximum absolute atomic E-state index is 13.0. The molecule has 2 unspecified atom stereocenters. The predicted molar refractivity (Wildman–Crippen MR) is 133 cm³/mol. The molecule has 0 bridgehead atoms. The van der Waals surface area contributed by atoms with Crippen molar-refractivity contribution in [2.45, 2.75) is 50.4 Å². The zero-order valence-electron chi connectivity index (χ0n) is 19.7. The lowest BCUT2D eigenvalue weighted by Gasteiger charge is -2.24. The number of aliphatic hydroxyl groups excluding tert-OH is 1. The highest BCUT2D eigenvalue weighted by molar-refractivity contribution is 6.23. The second-order valence-corrected chi connectivity index (χ2v) is 9.30. The Balaban J connectivity index is 1.31. The first-order chi connectivity index (χ1) is 17.0. The van der Waals surface area contributed by atoms with E-state index >= 15 is 0 Å². The fourth-order valence-corrected chi connectivity index (χ4v) is 5.34. The zero-order chi connectivity index (χ0) is 24.4. The lowest BCUT2D eigenvalue weighted by Crippen LogP contribution is -2.24. The van der Waals surface area contributed by atoms with E-state index in [-0.39, 0.29) is 29.2 Å². The Bertz CT molecular complexity index is 1300. The van der Waals surface area contributed by atoms with Crippen molar-refractivity contribution in [1.29, 1.82) is 0 Å². The molecule has 0 aliphatic heterocycles. The molecule has 2 aliphatic carbocycles. The van der Waals surface area contributed by atoms with Crippen LogP contribution in [0.5, 0.6) is 0 Å². The van der Waals surface area contributed by atoms with E-state index in [1.807, 2.05) is 60.7 Å². The van der Waals surface area contributed by atoms with E-state index in [1.165, 1.54) is 0 Å². The van der Waals surface area contributed by atoms with Crippen molar-refractivity contribution in [2.24, 2.45) is 4.99 Å². The first-order valence-corrected chi connectivity index (χ1v) is 12.1. The molecule has 2 aromatic carbocycles. The fraction of sp³-hybridized carbons (Fsp3) is 0.310. The number of benzene rings is 2. The smallest absolute Gasteiger partial charge is 0.168 e. The molecule has 1 N–H and O–H groups in total. The quantitative estimate of drug-likeness (QED) is 0.479. The van der Waals surface area contributed by atoms with Crippen LogP contribution in [0.2, 0.25) is 0 Å². The van der Waals surface area contributed by atoms with Crippen molar-refractivity contribution < 1.29 is 19.2 Å². The SMILES string of the molecule is CN=C(CCc1noc2c1C(=O)CC(c1ccccc1)C2)C1=C(O)CC(c2ccccc2)CC1=O. The summed E-state index contributed by atoms with van der Waals surface area (Å²) in [6, 6.07) is 19.8. The third-order valence-electron chi connectivity index (χ3n) is 7.11. The van der Waals surface area contributed by atoms with Crippen molar-refractivity contribution in [3.63, 3.8) is 0 Å². The van der Waals surface area contributed by atoms with Gasteiger partial charge in [-0.25, -0.2) is 0 Å². The second-order valence-electron chi connectivity index (χ2n) is 9.30. The molecule has 6 nitrogen and oxygen atoms in total. The Morgan fingerprint density at radius 2 is 1.51 bits per heavy atom. The number of aliphatic imine (C=N–C) groups is 1. The minimum Gasteiger partial charge on any atom is -0.511 e. The van der Waals surface area contributed by atoms with E-state index in [4.69, 9.17) is 4.52 Å². The summed E-state index contributed by atoms with van der Waals surface area (Å²) in [4.78, 5) is 30.4. The van der Waals surface area contributed by atoms with Gasteiger partial charge in [0.1, 0.15) is 11.5 Å². The Morgan fingerprint density at radius 3 is 2.11 bits per heavy atom. The number of aromatic nitrogens is 1. The molecule has 0 spiro atoms. The summed E-state index contributed by atoms with van der Waals surface area (Å²) in [6.45, 7) is 0. The summed E-state index contributed by atoms with van der Waals surface area (Å²) >= 11 is 0. The number of aryl methyl sites for hydroxylation is 1. The van der Waals surface area contributed by atoms with Gasteiger partial charge in [0.2, 0.25) is 0 Å². The molecule has 2 atom stereocenters. The van der Waals surface area contributed by atoms with Crippen LogP contribution < -0.4 is 0 Å². The van der Waals surface area contributed by atoms with E-state index in [2.05, 4.69) is 10.1 Å². The van der Waals surface area contributed by atoms with Gasteiger partial charge in [-0.15, -0.1) is 0 Å². The van der Waals surface area contributed by atoms with Crippen LogP contribution in [0.4, 0.5) is 0 Å². The van der Waals surface area contributed by atoms with Crippen molar-refractivity contribution >= 4 is 17.3 Å². The Kier molecular flexibility index (Phi) is 6.45. The highest BCUT2D eigenvalue weighted by Gasteiger charge is 2.34. The van der Waals surface area contributed by atoms with Gasteiger partial charge in [-0.3, -0.25) is 14.6 Å². The molecule has 35 heavy (non-hydrogen) atoms. The van der Waals surface area contributed by atoms with Gasteiger partial charge >= 0.3 is 0 Å². The first-order valence-electron chi connectivity index (χ1n) is 12.1. The van der Waals surface area contributed by atoms with E-state index in [0.29, 0.717) is 66.8 Å². The van der Waals surface area contributed by atoms with Crippen LogP contribution in [0.3, 0.4) is 0 Å². The average Bonchev–Trinajstić information content (AvgIpc) is 3.30. The van der Waals surface area contributed by atoms with E-state index < -0.39 is 0 Å². The third kappa shape index (κ3) is 4.61. The van der Waals surface area contributed by atoms with E-state index in [9.17, 15) is 14.7 Å². The highest BCUT2D eigenvalue weighted by Crippen LogP contribution is 2.36. The molecule has 0 saturated carbocycles. The molecular weight excluding hydrogens is 440 g/mol. The zero-order valence-corrected chi connectivity index (χ0v) is 19.7. The number of allylic oxidation sites excluding steroid dienone is 2. The average molecular weight is 469 g/mol. The lowest BCUT2D eigenvalue weighted by molar-refractivity contribution is -0.116. The van der Waals surface area contributed by atoms with Crippen LogP contribution in [0.25, 0.3) is 0 Å². The van der Waals surface area contributed by atoms with Gasteiger partial charge in [-0.2, -0.15) is 0 Å². The lowest BCUT2D eigenvalue weighted by atomic mass is 9.80. The maximum Gasteiger partial charge on any atom is 0.168 e. The third-order valence-corrected chi connectivity index (χ3v) is 7.11. The van der Waals surface area contributed by atoms with Crippen LogP contribution in [0.1, 0.15) is 70.5 Å². The monoisotopic (exact) mass is 468 g/mol. The molecule has 5 rings (SSSR count). The number of carbonyl (C=O) groups excluding carboxylic acids is 2. The van der Waals surface area contributed by atoms with Gasteiger partial charge in [-0.1, -0.05) is 65.8 Å². The summed E-state index contributed by atoms with van der Waals surface area (Å²) in [5.41, 5.74) is 4.20. The molecule has 0 radical (unpaired) electrons. The molecule has 178 valence electrons. The molecule has 0 amide bonds. The van der Waals surface area contributed by atoms with Crippen LogP contribution in [0, 0.1) is 0 Å². The van der Waals surface area contributed by atoms with Crippen molar-refractivity contribution in [3.8, 4) is 0 Å². The number of Topliss-reactive ketones (excluding diaryl/α,β-unsaturated/α-hetero) is 2. The number of ketones is 2. The summed E-state index contributed by atoms with van der Waals surface area (Å²) in [6.07, 6.45) is 2.61.